The van der Waals surface area contributed by atoms with Crippen molar-refractivity contribution in [2.75, 3.05) is 5.32 Å². The molecule has 2 rings (SSSR count). The Hall–Kier alpha value is -1.70. The van der Waals surface area contributed by atoms with E-state index in [0.29, 0.717) is 5.69 Å². The van der Waals surface area contributed by atoms with Crippen molar-refractivity contribution < 1.29 is 14.3 Å². The highest BCUT2D eigenvalue weighted by Crippen LogP contribution is 2.20. The Morgan fingerprint density at radius 2 is 2.21 bits per heavy atom. The third kappa shape index (κ3) is 3.40. The van der Waals surface area contributed by atoms with Gasteiger partial charge in [0.25, 0.3) is 0 Å². The molecule has 0 aliphatic carbocycles. The van der Waals surface area contributed by atoms with E-state index >= 15 is 0 Å². The van der Waals surface area contributed by atoms with E-state index in [2.05, 4.69) is 10.3 Å². The van der Waals surface area contributed by atoms with Crippen molar-refractivity contribution in [1.29, 1.82) is 0 Å². The van der Waals surface area contributed by atoms with E-state index in [1.54, 1.807) is 18.3 Å². The number of nitrogens with zero attached hydrogens (tertiary/aromatic N) is 1. The smallest absolute Gasteiger partial charge is 0.337 e. The van der Waals surface area contributed by atoms with Gasteiger partial charge in [-0.25, -0.2) is 9.18 Å². The fraction of sp³-hybridized carbons (Fsp3) is 0.0769. The van der Waals surface area contributed by atoms with Crippen LogP contribution in [-0.2, 0) is 6.54 Å². The molecule has 0 radical (unpaired) electrons. The minimum atomic E-state index is -1.02. The molecule has 0 bridgehead atoms. The van der Waals surface area contributed by atoms with Crippen LogP contribution in [0.5, 0.6) is 0 Å². The fourth-order valence-corrected chi connectivity index (χ4v) is 2.25. The van der Waals surface area contributed by atoms with Gasteiger partial charge in [-0.05, 0) is 52.9 Å². The number of halogens is 2. The number of benzene rings is 1. The summed E-state index contributed by atoms with van der Waals surface area (Å²) in [6.45, 7) is 0.268. The van der Waals surface area contributed by atoms with E-state index in [9.17, 15) is 9.18 Å². The molecule has 4 nitrogen and oxygen atoms in total. The van der Waals surface area contributed by atoms with Crippen molar-refractivity contribution in [3.05, 3.63) is 57.2 Å². The van der Waals surface area contributed by atoms with Gasteiger partial charge in [0.05, 0.1) is 17.8 Å². The Balaban J connectivity index is 2.17. The van der Waals surface area contributed by atoms with E-state index in [1.807, 2.05) is 22.6 Å². The number of aromatic carboxylic acids is 1. The summed E-state index contributed by atoms with van der Waals surface area (Å²) in [6.07, 6.45) is 1.54. The van der Waals surface area contributed by atoms with Gasteiger partial charge in [-0.1, -0.05) is 0 Å². The molecular formula is C13H10FIN2O2. The second-order valence-corrected chi connectivity index (χ2v) is 4.94. The number of rotatable bonds is 4. The number of anilines is 1. The van der Waals surface area contributed by atoms with Gasteiger partial charge in [-0.3, -0.25) is 4.98 Å². The van der Waals surface area contributed by atoms with E-state index in [4.69, 9.17) is 5.11 Å². The summed E-state index contributed by atoms with van der Waals surface area (Å²) in [4.78, 5) is 15.1. The number of nitrogens with one attached hydrogen (secondary N) is 1. The van der Waals surface area contributed by atoms with Crippen LogP contribution in [0.15, 0.2) is 36.5 Å². The Kier molecular flexibility index (Phi) is 4.31. The molecule has 0 aliphatic heterocycles. The average molecular weight is 372 g/mol. The summed E-state index contributed by atoms with van der Waals surface area (Å²) in [5.74, 6) is -1.32. The molecule has 0 saturated heterocycles. The first-order chi connectivity index (χ1) is 9.08. The lowest BCUT2D eigenvalue weighted by Gasteiger charge is -2.09. The highest BCUT2D eigenvalue weighted by atomic mass is 127. The number of carbonyl (C=O) groups is 1. The molecule has 0 spiro atoms. The highest BCUT2D eigenvalue weighted by Gasteiger charge is 2.10. The van der Waals surface area contributed by atoms with Gasteiger partial charge >= 0.3 is 5.97 Å². The molecule has 0 aliphatic rings. The lowest BCUT2D eigenvalue weighted by molar-refractivity contribution is 0.0695. The predicted octanol–water partition coefficient (Wildman–Crippen LogP) is 3.14. The molecule has 1 aromatic carbocycles. The number of pyridine rings is 1. The van der Waals surface area contributed by atoms with Crippen molar-refractivity contribution in [1.82, 2.24) is 4.98 Å². The van der Waals surface area contributed by atoms with Crippen LogP contribution in [0.3, 0.4) is 0 Å². The first-order valence-electron chi connectivity index (χ1n) is 5.44. The number of carboxylic acids is 1. The first kappa shape index (κ1) is 13.7. The van der Waals surface area contributed by atoms with Gasteiger partial charge in [0.1, 0.15) is 5.82 Å². The van der Waals surface area contributed by atoms with Gasteiger partial charge in [0, 0.05) is 15.5 Å². The molecule has 1 aromatic heterocycles. The number of hydrogen-bond donors (Lipinski definition) is 2. The zero-order chi connectivity index (χ0) is 13.8. The zero-order valence-electron chi connectivity index (χ0n) is 9.73. The molecule has 0 fully saturated rings. The molecule has 19 heavy (non-hydrogen) atoms. The summed E-state index contributed by atoms with van der Waals surface area (Å²) in [5, 5.41) is 12.1. The molecule has 2 aromatic rings. The van der Waals surface area contributed by atoms with Crippen molar-refractivity contribution in [2.24, 2.45) is 0 Å². The fourth-order valence-electron chi connectivity index (χ4n) is 1.59. The second kappa shape index (κ2) is 5.96. The van der Waals surface area contributed by atoms with Crippen LogP contribution in [0.4, 0.5) is 10.1 Å². The van der Waals surface area contributed by atoms with Gasteiger partial charge in [-0.2, -0.15) is 0 Å². The summed E-state index contributed by atoms with van der Waals surface area (Å²) >= 11 is 2.01. The summed E-state index contributed by atoms with van der Waals surface area (Å²) in [6, 6.07) is 7.44. The molecule has 6 heteroatoms. The van der Waals surface area contributed by atoms with Crippen LogP contribution >= 0.6 is 22.6 Å². The lowest BCUT2D eigenvalue weighted by Crippen LogP contribution is -2.09. The minimum absolute atomic E-state index is 0.159. The number of aromatic nitrogens is 1. The van der Waals surface area contributed by atoms with E-state index in [0.717, 1.165) is 9.26 Å². The third-order valence-electron chi connectivity index (χ3n) is 2.50. The van der Waals surface area contributed by atoms with Crippen LogP contribution in [0.1, 0.15) is 16.1 Å². The van der Waals surface area contributed by atoms with Crippen molar-refractivity contribution in [3.8, 4) is 0 Å². The van der Waals surface area contributed by atoms with E-state index < -0.39 is 5.97 Å². The summed E-state index contributed by atoms with van der Waals surface area (Å²) in [5.41, 5.74) is 1.34. The molecule has 98 valence electrons. The Labute approximate surface area is 122 Å². The maximum Gasteiger partial charge on any atom is 0.337 e. The molecule has 1 heterocycles. The minimum Gasteiger partial charge on any atom is -0.478 e. The van der Waals surface area contributed by atoms with Crippen LogP contribution in [0.25, 0.3) is 0 Å². The van der Waals surface area contributed by atoms with E-state index in [-0.39, 0.29) is 17.9 Å². The van der Waals surface area contributed by atoms with Gasteiger partial charge < -0.3 is 10.4 Å². The average Bonchev–Trinajstić information content (AvgIpc) is 2.38. The molecule has 0 atom stereocenters. The van der Waals surface area contributed by atoms with E-state index in [1.165, 1.54) is 18.2 Å². The lowest BCUT2D eigenvalue weighted by atomic mass is 10.2. The normalized spacial score (nSPS) is 10.2. The molecule has 0 saturated carbocycles. The van der Waals surface area contributed by atoms with Crippen molar-refractivity contribution >= 4 is 34.2 Å². The summed E-state index contributed by atoms with van der Waals surface area (Å²) in [7, 11) is 0. The maximum atomic E-state index is 13.0. The Morgan fingerprint density at radius 3 is 2.89 bits per heavy atom. The number of carboxylic acid groups (broad SMARTS) is 1. The molecule has 0 unspecified atom stereocenters. The third-order valence-corrected chi connectivity index (χ3v) is 3.39. The molecule has 2 N–H and O–H groups in total. The number of hydrogen-bond acceptors (Lipinski definition) is 3. The molecular weight excluding hydrogens is 362 g/mol. The Morgan fingerprint density at radius 1 is 1.42 bits per heavy atom. The van der Waals surface area contributed by atoms with Gasteiger partial charge in [-0.15, -0.1) is 0 Å². The van der Waals surface area contributed by atoms with Gasteiger partial charge in [0.15, 0.2) is 0 Å². The second-order valence-electron chi connectivity index (χ2n) is 3.78. The van der Waals surface area contributed by atoms with Crippen LogP contribution in [-0.4, -0.2) is 16.1 Å². The first-order valence-corrected chi connectivity index (χ1v) is 6.52. The van der Waals surface area contributed by atoms with Crippen molar-refractivity contribution in [3.63, 3.8) is 0 Å². The van der Waals surface area contributed by atoms with Gasteiger partial charge in [0.2, 0.25) is 0 Å². The quantitative estimate of drug-likeness (QED) is 0.810. The largest absolute Gasteiger partial charge is 0.478 e. The molecule has 0 amide bonds. The van der Waals surface area contributed by atoms with Crippen LogP contribution in [0.2, 0.25) is 0 Å². The van der Waals surface area contributed by atoms with Crippen LogP contribution in [0, 0.1) is 9.39 Å². The monoisotopic (exact) mass is 372 g/mol. The topological polar surface area (TPSA) is 62.2 Å². The van der Waals surface area contributed by atoms with Crippen molar-refractivity contribution in [2.45, 2.75) is 6.54 Å². The standard InChI is InChI=1S/C13H10FIN2O2/c14-8-3-4-11(10(15)6-8)17-7-12-9(13(18)19)2-1-5-16-12/h1-6,17H,7H2,(H,18,19). The highest BCUT2D eigenvalue weighted by molar-refractivity contribution is 14.1. The zero-order valence-corrected chi connectivity index (χ0v) is 11.9. The Bertz CT molecular complexity index is 619. The maximum absolute atomic E-state index is 13.0. The summed E-state index contributed by atoms with van der Waals surface area (Å²) < 4.78 is 13.7. The predicted molar refractivity (Wildman–Crippen MR) is 77.6 cm³/mol. The van der Waals surface area contributed by atoms with Crippen LogP contribution < -0.4 is 5.32 Å². The SMILES string of the molecule is O=C(O)c1cccnc1CNc1ccc(F)cc1I.